The summed E-state index contributed by atoms with van der Waals surface area (Å²) in [7, 11) is 0. The first kappa shape index (κ1) is 17.7. The fraction of sp³-hybridized carbons (Fsp3) is 0.0455. The summed E-state index contributed by atoms with van der Waals surface area (Å²) in [5.41, 5.74) is 3.40. The Morgan fingerprint density at radius 2 is 1.61 bits per heavy atom. The Kier molecular flexibility index (Phi) is 4.30. The number of hydrogen-bond donors (Lipinski definition) is 2. The number of H-pyrrole nitrogens is 1. The number of thiophene rings is 1. The number of rotatable bonds is 3. The zero-order chi connectivity index (χ0) is 19.8. The lowest BCUT2D eigenvalue weighted by Crippen LogP contribution is -2.09. The zero-order valence-corrected chi connectivity index (χ0v) is 15.6. The van der Waals surface area contributed by atoms with Crippen molar-refractivity contribution in [3.63, 3.8) is 0 Å². The van der Waals surface area contributed by atoms with Crippen molar-refractivity contribution in [2.75, 3.05) is 0 Å². The summed E-state index contributed by atoms with van der Waals surface area (Å²) in [5, 5.41) is 21.8. The number of ketones is 1. The van der Waals surface area contributed by atoms with Gasteiger partial charge >= 0.3 is 0 Å². The Morgan fingerprint density at radius 1 is 1.04 bits per heavy atom. The number of hydrogen-bond acceptors (Lipinski definition) is 5. The van der Waals surface area contributed by atoms with E-state index in [2.05, 4.69) is 4.98 Å². The highest BCUT2D eigenvalue weighted by Crippen LogP contribution is 2.39. The molecule has 4 rings (SSSR count). The van der Waals surface area contributed by atoms with Gasteiger partial charge in [-0.2, -0.15) is 5.26 Å². The van der Waals surface area contributed by atoms with Crippen LogP contribution in [0, 0.1) is 11.3 Å². The number of nitriles is 1. The Bertz CT molecular complexity index is 1310. The molecular weight excluding hydrogens is 372 g/mol. The van der Waals surface area contributed by atoms with Gasteiger partial charge in [0.2, 0.25) is 0 Å². The molecule has 5 nitrogen and oxygen atoms in total. The number of carbonyl (C=O) groups excluding carboxylic acids is 1. The van der Waals surface area contributed by atoms with Crippen molar-refractivity contribution in [1.82, 2.24) is 4.98 Å². The van der Waals surface area contributed by atoms with E-state index in [-0.39, 0.29) is 17.1 Å². The normalized spacial score (nSPS) is 10.7. The third-order valence-electron chi connectivity index (χ3n) is 4.65. The van der Waals surface area contributed by atoms with E-state index in [9.17, 15) is 14.7 Å². The third-order valence-corrected chi connectivity index (χ3v) is 5.55. The Balaban J connectivity index is 1.76. The van der Waals surface area contributed by atoms with Gasteiger partial charge in [0, 0.05) is 16.5 Å². The summed E-state index contributed by atoms with van der Waals surface area (Å²) >= 11 is 1.30. The first-order chi connectivity index (χ1) is 13.5. The van der Waals surface area contributed by atoms with Crippen molar-refractivity contribution in [3.8, 4) is 34.1 Å². The topological polar surface area (TPSA) is 94.0 Å². The summed E-state index contributed by atoms with van der Waals surface area (Å²) in [4.78, 5) is 26.4. The molecule has 0 aliphatic carbocycles. The maximum Gasteiger partial charge on any atom is 0.270 e. The molecule has 2 aromatic carbocycles. The number of aromatic hydroxyl groups is 1. The molecule has 0 aliphatic heterocycles. The highest BCUT2D eigenvalue weighted by molar-refractivity contribution is 7.17. The maximum atomic E-state index is 11.8. The van der Waals surface area contributed by atoms with Gasteiger partial charge in [-0.05, 0) is 23.6 Å². The Hall–Kier alpha value is -3.69. The Morgan fingerprint density at radius 3 is 2.18 bits per heavy atom. The molecular formula is C22H14N2O3S. The van der Waals surface area contributed by atoms with Crippen LogP contribution in [0.1, 0.15) is 22.8 Å². The van der Waals surface area contributed by atoms with Crippen LogP contribution in [-0.2, 0) is 0 Å². The number of aromatic amines is 1. The summed E-state index contributed by atoms with van der Waals surface area (Å²) in [5.74, 6) is -0.262. The van der Waals surface area contributed by atoms with E-state index in [1.54, 1.807) is 18.2 Å². The molecule has 4 aromatic rings. The minimum Gasteiger partial charge on any atom is -0.506 e. The third kappa shape index (κ3) is 2.88. The minimum absolute atomic E-state index is 0.0285. The van der Waals surface area contributed by atoms with Gasteiger partial charge in [-0.3, -0.25) is 9.59 Å². The predicted octanol–water partition coefficient (Wildman–Crippen LogP) is 4.70. The molecule has 0 amide bonds. The smallest absolute Gasteiger partial charge is 0.270 e. The number of nitrogens with one attached hydrogen (secondary N) is 1. The monoisotopic (exact) mass is 386 g/mol. The summed E-state index contributed by atoms with van der Waals surface area (Å²) < 4.78 is 0. The highest BCUT2D eigenvalue weighted by atomic mass is 32.1. The van der Waals surface area contributed by atoms with Crippen LogP contribution < -0.4 is 5.56 Å². The van der Waals surface area contributed by atoms with Crippen molar-refractivity contribution in [2.24, 2.45) is 0 Å². The van der Waals surface area contributed by atoms with E-state index in [1.807, 2.05) is 41.8 Å². The summed E-state index contributed by atoms with van der Waals surface area (Å²) in [6, 6.07) is 16.9. The van der Waals surface area contributed by atoms with Crippen LogP contribution in [0.3, 0.4) is 0 Å². The Labute approximate surface area is 164 Å². The second-order valence-corrected chi connectivity index (χ2v) is 7.23. The molecule has 28 heavy (non-hydrogen) atoms. The van der Waals surface area contributed by atoms with E-state index < -0.39 is 5.56 Å². The van der Waals surface area contributed by atoms with Crippen LogP contribution in [0.25, 0.3) is 32.5 Å². The van der Waals surface area contributed by atoms with Gasteiger partial charge in [-0.15, -0.1) is 11.3 Å². The fourth-order valence-corrected chi connectivity index (χ4v) is 4.10. The zero-order valence-electron chi connectivity index (χ0n) is 14.8. The highest BCUT2D eigenvalue weighted by Gasteiger charge is 2.17. The molecule has 0 radical (unpaired) electrons. The lowest BCUT2D eigenvalue weighted by molar-refractivity contribution is 0.101. The van der Waals surface area contributed by atoms with Crippen molar-refractivity contribution in [2.45, 2.75) is 6.92 Å². The van der Waals surface area contributed by atoms with Crippen LogP contribution in [0.4, 0.5) is 0 Å². The van der Waals surface area contributed by atoms with Crippen LogP contribution in [-0.4, -0.2) is 15.9 Å². The van der Waals surface area contributed by atoms with Crippen molar-refractivity contribution in [3.05, 3.63) is 75.4 Å². The van der Waals surface area contributed by atoms with Crippen LogP contribution in [0.2, 0.25) is 0 Å². The fourth-order valence-electron chi connectivity index (χ4n) is 3.14. The molecule has 0 saturated carbocycles. The second-order valence-electron chi connectivity index (χ2n) is 6.35. The number of fused-ring (bicyclic) bond motifs is 1. The first-order valence-electron chi connectivity index (χ1n) is 8.48. The van der Waals surface area contributed by atoms with E-state index in [4.69, 9.17) is 5.26 Å². The average Bonchev–Trinajstić information content (AvgIpc) is 3.12. The molecule has 2 heterocycles. The lowest BCUT2D eigenvalue weighted by atomic mass is 9.98. The molecule has 136 valence electrons. The standard InChI is InChI=1S/C22H14N2O3S/c1-12(25)13-2-4-14(5-3-13)15-6-8-16(9-7-15)18-11-28-22-19(18)20(26)17(10-23)21(27)24-22/h2-9,11H,1H3,(H2,24,26,27). The lowest BCUT2D eigenvalue weighted by Gasteiger charge is -2.06. The summed E-state index contributed by atoms with van der Waals surface area (Å²) in [6.07, 6.45) is 0. The van der Waals surface area contributed by atoms with Gasteiger partial charge < -0.3 is 10.1 Å². The van der Waals surface area contributed by atoms with E-state index in [0.717, 1.165) is 22.3 Å². The number of nitrogens with zero attached hydrogens (tertiary/aromatic N) is 1. The molecule has 0 unspecified atom stereocenters. The molecule has 0 saturated heterocycles. The molecule has 2 aromatic heterocycles. The molecule has 0 bridgehead atoms. The van der Waals surface area contributed by atoms with E-state index in [1.165, 1.54) is 18.3 Å². The van der Waals surface area contributed by atoms with Crippen LogP contribution >= 0.6 is 11.3 Å². The number of carbonyl (C=O) groups is 1. The van der Waals surface area contributed by atoms with Crippen LogP contribution in [0.5, 0.6) is 5.75 Å². The average molecular weight is 386 g/mol. The minimum atomic E-state index is -0.592. The van der Waals surface area contributed by atoms with Crippen molar-refractivity contribution in [1.29, 1.82) is 5.26 Å². The van der Waals surface area contributed by atoms with Crippen LogP contribution in [0.15, 0.2) is 58.7 Å². The van der Waals surface area contributed by atoms with Crippen molar-refractivity contribution >= 4 is 27.3 Å². The SMILES string of the molecule is CC(=O)c1ccc(-c2ccc(-c3csc4[nH]c(=O)c(C#N)c(O)c34)cc2)cc1. The second kappa shape index (κ2) is 6.80. The molecule has 0 atom stereocenters. The molecule has 0 aliphatic rings. The predicted molar refractivity (Wildman–Crippen MR) is 110 cm³/mol. The van der Waals surface area contributed by atoms with E-state index >= 15 is 0 Å². The van der Waals surface area contributed by atoms with Gasteiger partial charge in [0.1, 0.15) is 16.6 Å². The van der Waals surface area contributed by atoms with Gasteiger partial charge in [0.05, 0.1) is 5.39 Å². The molecule has 0 spiro atoms. The van der Waals surface area contributed by atoms with Gasteiger partial charge in [0.15, 0.2) is 11.3 Å². The number of aromatic nitrogens is 1. The molecule has 2 N–H and O–H groups in total. The number of pyridine rings is 1. The van der Waals surface area contributed by atoms with Gasteiger partial charge in [0.25, 0.3) is 5.56 Å². The largest absolute Gasteiger partial charge is 0.506 e. The maximum absolute atomic E-state index is 11.8. The van der Waals surface area contributed by atoms with Crippen molar-refractivity contribution < 1.29 is 9.90 Å². The number of benzene rings is 2. The molecule has 0 fully saturated rings. The number of Topliss-reactive ketones (excluding diaryl/α,β-unsaturated/α-hetero) is 1. The quantitative estimate of drug-likeness (QED) is 0.499. The van der Waals surface area contributed by atoms with Gasteiger partial charge in [-0.1, -0.05) is 48.5 Å². The van der Waals surface area contributed by atoms with Gasteiger partial charge in [-0.25, -0.2) is 0 Å². The van der Waals surface area contributed by atoms with E-state index in [0.29, 0.717) is 15.8 Å². The first-order valence-corrected chi connectivity index (χ1v) is 9.36. The summed E-state index contributed by atoms with van der Waals surface area (Å²) in [6.45, 7) is 1.54. The molecule has 6 heteroatoms.